The summed E-state index contributed by atoms with van der Waals surface area (Å²) in [7, 11) is -3.29. The van der Waals surface area contributed by atoms with Gasteiger partial charge in [0.15, 0.2) is 5.69 Å². The van der Waals surface area contributed by atoms with Crippen LogP contribution in [0.2, 0.25) is 0 Å². The molecule has 0 saturated carbocycles. The third-order valence-corrected chi connectivity index (χ3v) is 6.27. The Kier molecular flexibility index (Phi) is 4.22. The number of hydrogen-bond donors (Lipinski definition) is 2. The number of amides is 1. The van der Waals surface area contributed by atoms with Crippen molar-refractivity contribution in [2.45, 2.75) is 38.5 Å². The smallest absolute Gasteiger partial charge is 0.276 e. The van der Waals surface area contributed by atoms with Crippen molar-refractivity contribution in [3.05, 3.63) is 40.7 Å². The maximum Gasteiger partial charge on any atom is 0.276 e. The third-order valence-electron chi connectivity index (χ3n) is 5.09. The van der Waals surface area contributed by atoms with Gasteiger partial charge < -0.3 is 5.32 Å². The lowest BCUT2D eigenvalue weighted by Gasteiger charge is -2.29. The zero-order valence-corrected chi connectivity index (χ0v) is 15.5. The molecule has 2 heterocycles. The van der Waals surface area contributed by atoms with Crippen molar-refractivity contribution in [2.75, 3.05) is 22.4 Å². The lowest BCUT2D eigenvalue weighted by molar-refractivity contribution is 0.102. The van der Waals surface area contributed by atoms with Gasteiger partial charge >= 0.3 is 0 Å². The number of aromatic amines is 1. The summed E-state index contributed by atoms with van der Waals surface area (Å²) in [6.07, 6.45) is 6.80. The molecule has 1 aliphatic carbocycles. The number of benzene rings is 1. The Balaban J connectivity index is 1.58. The van der Waals surface area contributed by atoms with Gasteiger partial charge in [0.05, 0.1) is 11.9 Å². The number of nitrogens with one attached hydrogen (secondary N) is 2. The second kappa shape index (κ2) is 6.42. The van der Waals surface area contributed by atoms with Gasteiger partial charge in [-0.15, -0.1) is 0 Å². The van der Waals surface area contributed by atoms with E-state index in [1.165, 1.54) is 10.6 Å². The molecule has 0 spiro atoms. The third kappa shape index (κ3) is 3.09. The van der Waals surface area contributed by atoms with E-state index in [1.54, 1.807) is 12.1 Å². The number of nitrogens with zero attached hydrogens (tertiary/aromatic N) is 2. The van der Waals surface area contributed by atoms with E-state index in [0.29, 0.717) is 23.6 Å². The molecule has 2 N–H and O–H groups in total. The summed E-state index contributed by atoms with van der Waals surface area (Å²) in [5.74, 6) is -0.222. The van der Waals surface area contributed by atoms with Gasteiger partial charge in [-0.1, -0.05) is 0 Å². The van der Waals surface area contributed by atoms with E-state index in [2.05, 4.69) is 15.5 Å². The van der Waals surface area contributed by atoms with Gasteiger partial charge in [0.25, 0.3) is 5.91 Å². The fraction of sp³-hybridized carbons (Fsp3) is 0.444. The molecule has 0 fully saturated rings. The van der Waals surface area contributed by atoms with Crippen molar-refractivity contribution >= 4 is 27.3 Å². The number of aryl methyl sites for hydroxylation is 2. The van der Waals surface area contributed by atoms with Crippen LogP contribution in [0.25, 0.3) is 0 Å². The molecule has 0 bridgehead atoms. The van der Waals surface area contributed by atoms with Crippen molar-refractivity contribution < 1.29 is 13.2 Å². The number of H-pyrrole nitrogens is 1. The predicted molar refractivity (Wildman–Crippen MR) is 100 cm³/mol. The Bertz CT molecular complexity index is 965. The minimum atomic E-state index is -3.29. The largest absolute Gasteiger partial charge is 0.321 e. The lowest BCUT2D eigenvalue weighted by Crippen LogP contribution is -2.34. The molecular weight excluding hydrogens is 352 g/mol. The van der Waals surface area contributed by atoms with Crippen molar-refractivity contribution in [1.29, 1.82) is 0 Å². The van der Waals surface area contributed by atoms with E-state index in [4.69, 9.17) is 0 Å². The number of rotatable bonds is 3. The normalized spacial score (nSPS) is 16.7. The molecule has 0 atom stereocenters. The summed E-state index contributed by atoms with van der Waals surface area (Å²) >= 11 is 0. The van der Waals surface area contributed by atoms with Crippen molar-refractivity contribution in [1.82, 2.24) is 10.2 Å². The van der Waals surface area contributed by atoms with E-state index in [-0.39, 0.29) is 5.91 Å². The van der Waals surface area contributed by atoms with Crippen LogP contribution in [-0.4, -0.2) is 37.3 Å². The van der Waals surface area contributed by atoms with Crippen LogP contribution in [-0.2, 0) is 29.3 Å². The number of carbonyl (C=O) groups excluding carboxylic acids is 1. The molecule has 0 radical (unpaired) electrons. The van der Waals surface area contributed by atoms with Crippen LogP contribution < -0.4 is 9.62 Å². The summed E-state index contributed by atoms with van der Waals surface area (Å²) in [4.78, 5) is 12.6. The number of fused-ring (bicyclic) bond motifs is 2. The Morgan fingerprint density at radius 1 is 1.19 bits per heavy atom. The predicted octanol–water partition coefficient (Wildman–Crippen LogP) is 2.25. The molecule has 1 aliphatic heterocycles. The average molecular weight is 374 g/mol. The number of sulfonamides is 1. The maximum atomic E-state index is 12.6. The summed E-state index contributed by atoms with van der Waals surface area (Å²) in [5, 5.41) is 10.1. The van der Waals surface area contributed by atoms with Gasteiger partial charge in [-0.2, -0.15) is 5.10 Å². The zero-order valence-electron chi connectivity index (χ0n) is 14.7. The number of aromatic nitrogens is 2. The van der Waals surface area contributed by atoms with Crippen LogP contribution in [0.1, 0.15) is 46.6 Å². The lowest BCUT2D eigenvalue weighted by atomic mass is 9.95. The highest BCUT2D eigenvalue weighted by atomic mass is 32.2. The first-order valence-electron chi connectivity index (χ1n) is 8.91. The average Bonchev–Trinajstić information content (AvgIpc) is 3.04. The SMILES string of the molecule is CS(=O)(=O)N1CCCc2cc(NC(=O)c3n[nH]c4c3CCCC4)ccc21. The van der Waals surface area contributed by atoms with Crippen LogP contribution >= 0.6 is 0 Å². The number of hydrogen-bond acceptors (Lipinski definition) is 4. The number of carbonyl (C=O) groups is 1. The van der Waals surface area contributed by atoms with Gasteiger partial charge in [-0.3, -0.25) is 14.2 Å². The Morgan fingerprint density at radius 3 is 2.81 bits per heavy atom. The summed E-state index contributed by atoms with van der Waals surface area (Å²) in [5.41, 5.74) is 4.86. The highest BCUT2D eigenvalue weighted by molar-refractivity contribution is 7.92. The molecule has 1 aromatic carbocycles. The van der Waals surface area contributed by atoms with Gasteiger partial charge in [0.2, 0.25) is 10.0 Å². The van der Waals surface area contributed by atoms with Crippen molar-refractivity contribution in [3.8, 4) is 0 Å². The standard InChI is InChI=1S/C18H22N4O3S/c1-26(24,25)22-10-4-5-12-11-13(8-9-16(12)22)19-18(23)17-14-6-2-3-7-15(14)20-21-17/h8-9,11H,2-7,10H2,1H3,(H,19,23)(H,20,21). The first-order valence-corrected chi connectivity index (χ1v) is 10.8. The second-order valence-corrected chi connectivity index (χ2v) is 8.88. The first-order chi connectivity index (χ1) is 12.4. The molecule has 1 aromatic heterocycles. The van der Waals surface area contributed by atoms with Gasteiger partial charge in [0.1, 0.15) is 0 Å². The monoisotopic (exact) mass is 374 g/mol. The zero-order chi connectivity index (χ0) is 18.3. The highest BCUT2D eigenvalue weighted by Gasteiger charge is 2.25. The van der Waals surface area contributed by atoms with Crippen LogP contribution in [0.3, 0.4) is 0 Å². The van der Waals surface area contributed by atoms with E-state index in [0.717, 1.165) is 55.3 Å². The molecule has 7 nitrogen and oxygen atoms in total. The molecule has 26 heavy (non-hydrogen) atoms. The number of anilines is 2. The molecule has 4 rings (SSSR count). The molecule has 0 saturated heterocycles. The fourth-order valence-corrected chi connectivity index (χ4v) is 4.84. The fourth-order valence-electron chi connectivity index (χ4n) is 3.84. The molecule has 138 valence electrons. The summed E-state index contributed by atoms with van der Waals surface area (Å²) in [6, 6.07) is 5.38. The van der Waals surface area contributed by atoms with E-state index < -0.39 is 10.0 Å². The quantitative estimate of drug-likeness (QED) is 0.861. The van der Waals surface area contributed by atoms with Crippen LogP contribution in [0, 0.1) is 0 Å². The first kappa shape index (κ1) is 17.1. The molecule has 8 heteroatoms. The second-order valence-electron chi connectivity index (χ2n) is 6.97. The Labute approximate surface area is 152 Å². The van der Waals surface area contributed by atoms with Gasteiger partial charge in [-0.05, 0) is 62.3 Å². The van der Waals surface area contributed by atoms with E-state index in [1.807, 2.05) is 6.07 Å². The molecule has 2 aromatic rings. The van der Waals surface area contributed by atoms with Crippen molar-refractivity contribution in [3.63, 3.8) is 0 Å². The molecule has 0 unspecified atom stereocenters. The minimum absolute atomic E-state index is 0.222. The van der Waals surface area contributed by atoms with Gasteiger partial charge in [0, 0.05) is 23.5 Å². The Morgan fingerprint density at radius 2 is 2.00 bits per heavy atom. The van der Waals surface area contributed by atoms with Crippen LogP contribution in [0.4, 0.5) is 11.4 Å². The maximum absolute atomic E-state index is 12.6. The minimum Gasteiger partial charge on any atom is -0.321 e. The highest BCUT2D eigenvalue weighted by Crippen LogP contribution is 2.31. The molecule has 2 aliphatic rings. The molecule has 1 amide bonds. The topological polar surface area (TPSA) is 95.2 Å². The van der Waals surface area contributed by atoms with Crippen LogP contribution in [0.15, 0.2) is 18.2 Å². The molecular formula is C18H22N4O3S. The summed E-state index contributed by atoms with van der Waals surface area (Å²) in [6.45, 7) is 0.497. The van der Waals surface area contributed by atoms with Crippen molar-refractivity contribution in [2.24, 2.45) is 0 Å². The summed E-state index contributed by atoms with van der Waals surface area (Å²) < 4.78 is 25.3. The van der Waals surface area contributed by atoms with E-state index in [9.17, 15) is 13.2 Å². The van der Waals surface area contributed by atoms with E-state index >= 15 is 0 Å². The van der Waals surface area contributed by atoms with Crippen LogP contribution in [0.5, 0.6) is 0 Å². The Hall–Kier alpha value is -2.35. The van der Waals surface area contributed by atoms with Gasteiger partial charge in [-0.25, -0.2) is 8.42 Å².